The van der Waals surface area contributed by atoms with Crippen molar-refractivity contribution in [3.05, 3.63) is 0 Å². The first-order valence-corrected chi connectivity index (χ1v) is 7.25. The van der Waals surface area contributed by atoms with Gasteiger partial charge in [0.15, 0.2) is 0 Å². The molecular weight excluding hydrogens is 212 g/mol. The van der Waals surface area contributed by atoms with Gasteiger partial charge in [0.25, 0.3) is 0 Å². The van der Waals surface area contributed by atoms with Crippen LogP contribution in [0.4, 0.5) is 0 Å². The molecule has 100 valence electrons. The lowest BCUT2D eigenvalue weighted by atomic mass is 9.82. The summed E-state index contributed by atoms with van der Waals surface area (Å²) in [6.45, 7) is 3.29. The Balaban J connectivity index is 1.90. The molecule has 0 radical (unpaired) electrons. The maximum atomic E-state index is 9.45. The fourth-order valence-electron chi connectivity index (χ4n) is 3.22. The van der Waals surface area contributed by atoms with Crippen molar-refractivity contribution in [1.82, 2.24) is 5.32 Å². The highest BCUT2D eigenvalue weighted by atomic mass is 16.3. The van der Waals surface area contributed by atoms with Crippen molar-refractivity contribution in [3.8, 4) is 0 Å². The van der Waals surface area contributed by atoms with Crippen molar-refractivity contribution in [1.29, 1.82) is 0 Å². The third-order valence-corrected chi connectivity index (χ3v) is 4.56. The van der Waals surface area contributed by atoms with Crippen LogP contribution in [-0.2, 0) is 0 Å². The minimum Gasteiger partial charge on any atom is -0.396 e. The van der Waals surface area contributed by atoms with Gasteiger partial charge in [-0.1, -0.05) is 25.7 Å². The quantitative estimate of drug-likeness (QED) is 0.661. The van der Waals surface area contributed by atoms with E-state index in [1.807, 2.05) is 0 Å². The Labute approximate surface area is 105 Å². The van der Waals surface area contributed by atoms with Crippen LogP contribution in [0.5, 0.6) is 0 Å². The highest BCUT2D eigenvalue weighted by Gasteiger charge is 2.36. The molecule has 2 rings (SSSR count). The molecule has 4 N–H and O–H groups in total. The molecule has 0 aromatic carbocycles. The van der Waals surface area contributed by atoms with E-state index < -0.39 is 0 Å². The summed E-state index contributed by atoms with van der Waals surface area (Å²) >= 11 is 0. The van der Waals surface area contributed by atoms with Crippen LogP contribution in [0.25, 0.3) is 0 Å². The first-order valence-electron chi connectivity index (χ1n) is 7.25. The van der Waals surface area contributed by atoms with Gasteiger partial charge in [0.1, 0.15) is 0 Å². The van der Waals surface area contributed by atoms with Gasteiger partial charge < -0.3 is 16.2 Å². The monoisotopic (exact) mass is 240 g/mol. The summed E-state index contributed by atoms with van der Waals surface area (Å²) < 4.78 is 0. The van der Waals surface area contributed by atoms with Gasteiger partial charge in [-0.15, -0.1) is 0 Å². The van der Waals surface area contributed by atoms with Gasteiger partial charge in [0.05, 0.1) is 0 Å². The molecule has 2 aliphatic rings. The van der Waals surface area contributed by atoms with E-state index in [2.05, 4.69) is 12.2 Å². The molecule has 0 aromatic rings. The van der Waals surface area contributed by atoms with Crippen LogP contribution in [0.15, 0.2) is 0 Å². The van der Waals surface area contributed by atoms with Crippen LogP contribution in [0, 0.1) is 11.8 Å². The molecule has 3 nitrogen and oxygen atoms in total. The number of rotatable bonds is 6. The lowest BCUT2D eigenvalue weighted by Crippen LogP contribution is -2.56. The summed E-state index contributed by atoms with van der Waals surface area (Å²) in [5.41, 5.74) is 6.04. The van der Waals surface area contributed by atoms with Crippen LogP contribution in [0.1, 0.15) is 51.9 Å². The molecule has 0 aliphatic heterocycles. The fraction of sp³-hybridized carbons (Fsp3) is 1.00. The Hall–Kier alpha value is -0.120. The van der Waals surface area contributed by atoms with Crippen LogP contribution < -0.4 is 11.1 Å². The Morgan fingerprint density at radius 2 is 1.94 bits per heavy atom. The first-order chi connectivity index (χ1) is 8.17. The fourth-order valence-corrected chi connectivity index (χ4v) is 3.22. The maximum Gasteiger partial charge on any atom is 0.0474 e. The molecule has 3 atom stereocenters. The first kappa shape index (κ1) is 13.3. The summed E-state index contributed by atoms with van der Waals surface area (Å²) in [6, 6.07) is 0.473. The molecule has 3 heteroatoms. The SMILES string of the molecule is CC(CN)(CC1CC1)NC1CCCCC1CO. The van der Waals surface area contributed by atoms with Crippen molar-refractivity contribution < 1.29 is 5.11 Å². The van der Waals surface area contributed by atoms with Crippen LogP contribution in [-0.4, -0.2) is 29.8 Å². The van der Waals surface area contributed by atoms with Crippen LogP contribution in [0.3, 0.4) is 0 Å². The van der Waals surface area contributed by atoms with Crippen LogP contribution in [0.2, 0.25) is 0 Å². The van der Waals surface area contributed by atoms with E-state index in [1.54, 1.807) is 0 Å². The summed E-state index contributed by atoms with van der Waals surface area (Å²) in [5, 5.41) is 13.2. The summed E-state index contributed by atoms with van der Waals surface area (Å²) in [4.78, 5) is 0. The molecule has 17 heavy (non-hydrogen) atoms. The molecule has 0 bridgehead atoms. The average Bonchev–Trinajstić information content (AvgIpc) is 3.13. The number of nitrogens with two attached hydrogens (primary N) is 1. The molecule has 0 heterocycles. The molecule has 0 spiro atoms. The maximum absolute atomic E-state index is 9.45. The predicted molar refractivity (Wildman–Crippen MR) is 70.8 cm³/mol. The second-order valence-electron chi connectivity index (χ2n) is 6.39. The molecule has 2 fully saturated rings. The Kier molecular flexibility index (Phi) is 4.45. The molecule has 3 unspecified atom stereocenters. The van der Waals surface area contributed by atoms with Crippen molar-refractivity contribution >= 4 is 0 Å². The van der Waals surface area contributed by atoms with E-state index in [4.69, 9.17) is 5.73 Å². The van der Waals surface area contributed by atoms with Gasteiger partial charge >= 0.3 is 0 Å². The Morgan fingerprint density at radius 1 is 1.24 bits per heavy atom. The Morgan fingerprint density at radius 3 is 2.53 bits per heavy atom. The average molecular weight is 240 g/mol. The minimum atomic E-state index is 0.0800. The number of hydrogen-bond donors (Lipinski definition) is 3. The van der Waals surface area contributed by atoms with Gasteiger partial charge in [0, 0.05) is 24.7 Å². The second-order valence-corrected chi connectivity index (χ2v) is 6.39. The van der Waals surface area contributed by atoms with Gasteiger partial charge in [-0.3, -0.25) is 0 Å². The van der Waals surface area contributed by atoms with Crippen molar-refractivity contribution in [2.45, 2.75) is 63.5 Å². The van der Waals surface area contributed by atoms with Gasteiger partial charge in [-0.2, -0.15) is 0 Å². The van der Waals surface area contributed by atoms with Crippen LogP contribution >= 0.6 is 0 Å². The van der Waals surface area contributed by atoms with E-state index >= 15 is 0 Å². The summed E-state index contributed by atoms with van der Waals surface area (Å²) in [5.74, 6) is 1.33. The molecule has 0 amide bonds. The topological polar surface area (TPSA) is 58.3 Å². The van der Waals surface area contributed by atoms with Gasteiger partial charge in [-0.05, 0) is 38.0 Å². The standard InChI is InChI=1S/C14H28N2O/c1-14(10-15,8-11-6-7-11)16-13-5-3-2-4-12(13)9-17/h11-13,16-17H,2-10,15H2,1H3. The van der Waals surface area contributed by atoms with E-state index in [-0.39, 0.29) is 5.54 Å². The van der Waals surface area contributed by atoms with Crippen molar-refractivity contribution in [2.75, 3.05) is 13.2 Å². The molecular formula is C14H28N2O. The van der Waals surface area contributed by atoms with E-state index in [0.29, 0.717) is 25.1 Å². The minimum absolute atomic E-state index is 0.0800. The van der Waals surface area contributed by atoms with E-state index in [1.165, 1.54) is 38.5 Å². The highest BCUT2D eigenvalue weighted by molar-refractivity contribution is 4.95. The largest absolute Gasteiger partial charge is 0.396 e. The van der Waals surface area contributed by atoms with Gasteiger partial charge in [-0.25, -0.2) is 0 Å². The highest BCUT2D eigenvalue weighted by Crippen LogP contribution is 2.37. The summed E-state index contributed by atoms with van der Waals surface area (Å²) in [6.07, 6.45) is 8.89. The number of hydrogen-bond acceptors (Lipinski definition) is 3. The lowest BCUT2D eigenvalue weighted by Gasteiger charge is -2.39. The number of aliphatic hydroxyl groups is 1. The predicted octanol–water partition coefficient (Wildman–Crippen LogP) is 1.64. The molecule has 0 saturated heterocycles. The number of nitrogens with one attached hydrogen (secondary N) is 1. The smallest absolute Gasteiger partial charge is 0.0474 e. The molecule has 2 aliphatic carbocycles. The number of aliphatic hydroxyl groups excluding tert-OH is 1. The Bertz CT molecular complexity index is 242. The molecule has 2 saturated carbocycles. The zero-order valence-electron chi connectivity index (χ0n) is 11.1. The van der Waals surface area contributed by atoms with Gasteiger partial charge in [0.2, 0.25) is 0 Å². The third kappa shape index (κ3) is 3.67. The second kappa shape index (κ2) is 5.68. The molecule has 0 aromatic heterocycles. The van der Waals surface area contributed by atoms with Crippen molar-refractivity contribution in [2.24, 2.45) is 17.6 Å². The summed E-state index contributed by atoms with van der Waals surface area (Å²) in [7, 11) is 0. The lowest BCUT2D eigenvalue weighted by molar-refractivity contribution is 0.127. The van der Waals surface area contributed by atoms with Crippen molar-refractivity contribution in [3.63, 3.8) is 0 Å². The normalized spacial score (nSPS) is 33.4. The van der Waals surface area contributed by atoms with E-state index in [9.17, 15) is 5.11 Å². The van der Waals surface area contributed by atoms with E-state index in [0.717, 1.165) is 12.3 Å². The third-order valence-electron chi connectivity index (χ3n) is 4.56. The zero-order valence-corrected chi connectivity index (χ0v) is 11.1. The zero-order chi connectivity index (χ0) is 12.3.